The minimum Gasteiger partial charge on any atom is -0.434 e. The van der Waals surface area contributed by atoms with Gasteiger partial charge in [-0.05, 0) is 38.0 Å². The van der Waals surface area contributed by atoms with Crippen molar-refractivity contribution in [2.75, 3.05) is 0 Å². The first-order valence-corrected chi connectivity index (χ1v) is 6.81. The summed E-state index contributed by atoms with van der Waals surface area (Å²) in [6, 6.07) is 6.42. The van der Waals surface area contributed by atoms with Gasteiger partial charge in [-0.3, -0.25) is 0 Å². The summed E-state index contributed by atoms with van der Waals surface area (Å²) in [6.45, 7) is 8.32. The fourth-order valence-electron chi connectivity index (χ4n) is 2.74. The van der Waals surface area contributed by atoms with E-state index in [9.17, 15) is 0 Å². The number of nitrogens with zero attached hydrogens (tertiary/aromatic N) is 2. The number of hydrogen-bond acceptors (Lipinski definition) is 2. The second kappa shape index (κ2) is 4.44. The van der Waals surface area contributed by atoms with E-state index in [0.29, 0.717) is 5.89 Å². The summed E-state index contributed by atoms with van der Waals surface area (Å²) in [6.07, 6.45) is 2.04. The average Bonchev–Trinajstić information content (AvgIpc) is 2.74. The van der Waals surface area contributed by atoms with E-state index < -0.39 is 0 Å². The van der Waals surface area contributed by atoms with Crippen molar-refractivity contribution in [1.29, 1.82) is 0 Å². The lowest BCUT2D eigenvalue weighted by molar-refractivity contribution is -0.659. The highest BCUT2D eigenvalue weighted by atomic mass is 16.3. The molecule has 3 heteroatoms. The molecule has 0 radical (unpaired) electrons. The molecule has 2 aromatic heterocycles. The van der Waals surface area contributed by atoms with E-state index in [-0.39, 0.29) is 0 Å². The van der Waals surface area contributed by atoms with Gasteiger partial charge in [0.15, 0.2) is 12.1 Å². The highest BCUT2D eigenvalue weighted by Crippen LogP contribution is 2.30. The number of pyridine rings is 1. The third-order valence-electron chi connectivity index (χ3n) is 3.85. The molecular formula is C17H19N2O+. The van der Waals surface area contributed by atoms with Gasteiger partial charge in [0.25, 0.3) is 5.69 Å². The first kappa shape index (κ1) is 12.9. The molecule has 102 valence electrons. The molecule has 0 N–H and O–H groups in total. The summed E-state index contributed by atoms with van der Waals surface area (Å²) in [5.74, 6) is 0.703. The van der Waals surface area contributed by atoms with Gasteiger partial charge in [-0.2, -0.15) is 4.57 Å². The molecule has 0 amide bonds. The molecule has 0 spiro atoms. The summed E-state index contributed by atoms with van der Waals surface area (Å²) in [5, 5.41) is 0. The van der Waals surface area contributed by atoms with Crippen LogP contribution in [0, 0.1) is 27.7 Å². The van der Waals surface area contributed by atoms with Crippen molar-refractivity contribution in [3.8, 4) is 11.3 Å². The molecule has 0 aliphatic rings. The molecule has 0 saturated carbocycles. The van der Waals surface area contributed by atoms with E-state index >= 15 is 0 Å². The molecule has 0 fully saturated rings. The smallest absolute Gasteiger partial charge is 0.257 e. The number of hydrogen-bond donors (Lipinski definition) is 0. The predicted octanol–water partition coefficient (Wildman–Crippen LogP) is 3.55. The number of aryl methyl sites for hydroxylation is 4. The van der Waals surface area contributed by atoms with Gasteiger partial charge in [-0.25, -0.2) is 4.98 Å². The van der Waals surface area contributed by atoms with Gasteiger partial charge in [0.2, 0.25) is 5.58 Å². The highest BCUT2D eigenvalue weighted by Gasteiger charge is 2.22. The zero-order valence-electron chi connectivity index (χ0n) is 12.6. The van der Waals surface area contributed by atoms with Crippen molar-refractivity contribution in [3.05, 3.63) is 47.0 Å². The second-order valence-electron chi connectivity index (χ2n) is 5.48. The Bertz CT molecular complexity index is 815. The predicted molar refractivity (Wildman–Crippen MR) is 79.6 cm³/mol. The van der Waals surface area contributed by atoms with Crippen LogP contribution in [-0.2, 0) is 7.05 Å². The SMILES string of the molecule is Cc1cc(C)c(C)c(-c2c3oc(C)nc3cc[n+]2C)c1. The molecule has 3 rings (SSSR count). The third-order valence-corrected chi connectivity index (χ3v) is 3.85. The molecule has 0 saturated heterocycles. The Morgan fingerprint density at radius 1 is 1.10 bits per heavy atom. The molecule has 3 nitrogen and oxygen atoms in total. The first-order chi connectivity index (χ1) is 9.47. The van der Waals surface area contributed by atoms with Crippen molar-refractivity contribution >= 4 is 11.1 Å². The van der Waals surface area contributed by atoms with Crippen LogP contribution in [0.15, 0.2) is 28.8 Å². The third kappa shape index (κ3) is 1.90. The van der Waals surface area contributed by atoms with Crippen molar-refractivity contribution in [3.63, 3.8) is 0 Å². The molecule has 1 aromatic carbocycles. The van der Waals surface area contributed by atoms with Gasteiger partial charge in [-0.1, -0.05) is 11.6 Å². The first-order valence-electron chi connectivity index (χ1n) is 6.81. The topological polar surface area (TPSA) is 29.9 Å². The molecule has 0 bridgehead atoms. The van der Waals surface area contributed by atoms with E-state index in [4.69, 9.17) is 4.42 Å². The molecule has 3 aromatic rings. The molecular weight excluding hydrogens is 248 g/mol. The quantitative estimate of drug-likeness (QED) is 0.631. The monoisotopic (exact) mass is 267 g/mol. The maximum atomic E-state index is 5.84. The summed E-state index contributed by atoms with van der Waals surface area (Å²) in [4.78, 5) is 4.43. The summed E-state index contributed by atoms with van der Waals surface area (Å²) >= 11 is 0. The van der Waals surface area contributed by atoms with Crippen LogP contribution in [0.25, 0.3) is 22.4 Å². The molecule has 20 heavy (non-hydrogen) atoms. The summed E-state index contributed by atoms with van der Waals surface area (Å²) < 4.78 is 7.94. The fraction of sp³-hybridized carbons (Fsp3) is 0.294. The zero-order valence-corrected chi connectivity index (χ0v) is 12.6. The Morgan fingerprint density at radius 2 is 1.85 bits per heavy atom. The van der Waals surface area contributed by atoms with Crippen molar-refractivity contribution < 1.29 is 8.98 Å². The normalized spacial score (nSPS) is 11.2. The number of oxazole rings is 1. The van der Waals surface area contributed by atoms with Gasteiger partial charge < -0.3 is 4.42 Å². The van der Waals surface area contributed by atoms with Gasteiger partial charge >= 0.3 is 0 Å². The summed E-state index contributed by atoms with van der Waals surface area (Å²) in [7, 11) is 2.05. The van der Waals surface area contributed by atoms with E-state index in [1.807, 2.05) is 26.2 Å². The van der Waals surface area contributed by atoms with Gasteiger partial charge in [0.1, 0.15) is 12.6 Å². The minimum absolute atomic E-state index is 0.703. The van der Waals surface area contributed by atoms with Crippen LogP contribution in [0.1, 0.15) is 22.6 Å². The van der Waals surface area contributed by atoms with Gasteiger partial charge in [0.05, 0.1) is 5.56 Å². The number of rotatable bonds is 1. The number of aromatic nitrogens is 2. The maximum absolute atomic E-state index is 5.84. The standard InChI is InChI=1S/C17H19N2O/c1-10-8-11(2)12(3)14(9-10)16-17-15(6-7-19(16)5)18-13(4)20-17/h6-9H,1-5H3/q+1. The highest BCUT2D eigenvalue weighted by molar-refractivity contribution is 5.87. The van der Waals surface area contributed by atoms with E-state index in [1.54, 1.807) is 0 Å². The van der Waals surface area contributed by atoms with Crippen molar-refractivity contribution in [2.24, 2.45) is 7.05 Å². The summed E-state index contributed by atoms with van der Waals surface area (Å²) in [5.41, 5.74) is 7.92. The fourth-order valence-corrected chi connectivity index (χ4v) is 2.74. The van der Waals surface area contributed by atoms with Crippen LogP contribution in [0.2, 0.25) is 0 Å². The minimum atomic E-state index is 0.703. The maximum Gasteiger partial charge on any atom is 0.257 e. The lowest BCUT2D eigenvalue weighted by atomic mass is 9.97. The average molecular weight is 267 g/mol. The molecule has 0 unspecified atom stereocenters. The molecule has 2 heterocycles. The van der Waals surface area contributed by atoms with Crippen LogP contribution >= 0.6 is 0 Å². The Morgan fingerprint density at radius 3 is 2.60 bits per heavy atom. The van der Waals surface area contributed by atoms with Crippen LogP contribution in [-0.4, -0.2) is 4.98 Å². The van der Waals surface area contributed by atoms with Gasteiger partial charge in [-0.15, -0.1) is 0 Å². The molecule has 0 atom stereocenters. The lowest BCUT2D eigenvalue weighted by Gasteiger charge is -2.09. The second-order valence-corrected chi connectivity index (χ2v) is 5.48. The number of fused-ring (bicyclic) bond motifs is 1. The largest absolute Gasteiger partial charge is 0.434 e. The van der Waals surface area contributed by atoms with Gasteiger partial charge in [0, 0.05) is 13.0 Å². The molecule has 0 aliphatic heterocycles. The Balaban J connectivity index is 2.42. The molecule has 0 aliphatic carbocycles. The van der Waals surface area contributed by atoms with Crippen LogP contribution in [0.5, 0.6) is 0 Å². The van der Waals surface area contributed by atoms with E-state index in [2.05, 4.69) is 42.5 Å². The van der Waals surface area contributed by atoms with Crippen LogP contribution < -0.4 is 4.57 Å². The van der Waals surface area contributed by atoms with Crippen molar-refractivity contribution in [2.45, 2.75) is 27.7 Å². The van der Waals surface area contributed by atoms with Crippen LogP contribution in [0.3, 0.4) is 0 Å². The Hall–Kier alpha value is -2.16. The number of benzene rings is 1. The Labute approximate surface area is 118 Å². The van der Waals surface area contributed by atoms with Crippen molar-refractivity contribution in [1.82, 2.24) is 4.98 Å². The lowest BCUT2D eigenvalue weighted by Crippen LogP contribution is -2.30. The van der Waals surface area contributed by atoms with Crippen LogP contribution in [0.4, 0.5) is 0 Å². The zero-order chi connectivity index (χ0) is 14.4. The Kier molecular flexibility index (Phi) is 2.85. The van der Waals surface area contributed by atoms with E-state index in [1.165, 1.54) is 22.3 Å². The van der Waals surface area contributed by atoms with E-state index in [0.717, 1.165) is 16.8 Å².